The van der Waals surface area contributed by atoms with Crippen molar-refractivity contribution in [3.05, 3.63) is 34.9 Å². The van der Waals surface area contributed by atoms with Crippen molar-refractivity contribution < 1.29 is 0 Å². The van der Waals surface area contributed by atoms with E-state index in [4.69, 9.17) is 11.6 Å². The molecule has 0 aliphatic heterocycles. The lowest BCUT2D eigenvalue weighted by atomic mass is 9.97. The zero-order valence-corrected chi connectivity index (χ0v) is 11.4. The van der Waals surface area contributed by atoms with E-state index in [-0.39, 0.29) is 0 Å². The molecule has 0 bridgehead atoms. The van der Waals surface area contributed by atoms with Gasteiger partial charge in [0.2, 0.25) is 0 Å². The van der Waals surface area contributed by atoms with Gasteiger partial charge >= 0.3 is 0 Å². The zero-order valence-electron chi connectivity index (χ0n) is 10.6. The first-order chi connectivity index (χ1) is 7.50. The second-order valence-corrected chi connectivity index (χ2v) is 5.34. The van der Waals surface area contributed by atoms with Crippen LogP contribution in [0.2, 0.25) is 5.02 Å². The molecule has 0 aromatic heterocycles. The first kappa shape index (κ1) is 13.5. The fourth-order valence-corrected chi connectivity index (χ4v) is 1.69. The fourth-order valence-electron chi connectivity index (χ4n) is 1.49. The Hall–Kier alpha value is -0.530. The molecule has 0 heterocycles. The highest BCUT2D eigenvalue weighted by Crippen LogP contribution is 2.18. The third-order valence-electron chi connectivity index (χ3n) is 3.23. The maximum absolute atomic E-state index is 5.97. The minimum absolute atomic E-state index is 0.361. The van der Waals surface area contributed by atoms with Crippen LogP contribution in [0.4, 0.5) is 0 Å². The predicted octanol–water partition coefficient (Wildman–Crippen LogP) is 4.28. The van der Waals surface area contributed by atoms with Gasteiger partial charge in [0.15, 0.2) is 0 Å². The maximum Gasteiger partial charge on any atom is 0.0409 e. The van der Waals surface area contributed by atoms with Crippen LogP contribution in [0.25, 0.3) is 0 Å². The fraction of sp³-hybridized carbons (Fsp3) is 0.571. The Balaban J connectivity index is 2.49. The summed E-state index contributed by atoms with van der Waals surface area (Å²) in [6.45, 7) is 10.0. The van der Waals surface area contributed by atoms with Crippen LogP contribution in [-0.4, -0.2) is 6.54 Å². The third kappa shape index (κ3) is 4.15. The minimum Gasteiger partial charge on any atom is -0.310 e. The Morgan fingerprint density at radius 2 is 1.88 bits per heavy atom. The molecule has 1 nitrogen and oxygen atoms in total. The summed E-state index contributed by atoms with van der Waals surface area (Å²) in [5, 5.41) is 4.36. The van der Waals surface area contributed by atoms with Gasteiger partial charge in [-0.05, 0) is 43.0 Å². The Bertz CT molecular complexity index is 322. The van der Waals surface area contributed by atoms with Gasteiger partial charge in [-0.1, -0.05) is 44.5 Å². The van der Waals surface area contributed by atoms with Crippen molar-refractivity contribution in [2.24, 2.45) is 11.8 Å². The Labute approximate surface area is 104 Å². The normalized spacial score (nSPS) is 15.1. The van der Waals surface area contributed by atoms with Crippen LogP contribution >= 0.6 is 11.6 Å². The van der Waals surface area contributed by atoms with Gasteiger partial charge in [0, 0.05) is 11.1 Å². The summed E-state index contributed by atoms with van der Waals surface area (Å²) in [5.41, 5.74) is 1.25. The van der Waals surface area contributed by atoms with E-state index in [1.54, 1.807) is 0 Å². The van der Waals surface area contributed by atoms with Crippen molar-refractivity contribution >= 4 is 11.6 Å². The van der Waals surface area contributed by atoms with Gasteiger partial charge in [-0.15, -0.1) is 0 Å². The molecule has 16 heavy (non-hydrogen) atoms. The first-order valence-corrected chi connectivity index (χ1v) is 6.37. The highest BCUT2D eigenvalue weighted by molar-refractivity contribution is 6.30. The van der Waals surface area contributed by atoms with Gasteiger partial charge in [0.25, 0.3) is 0 Å². The molecule has 2 heteroatoms. The van der Waals surface area contributed by atoms with Crippen molar-refractivity contribution in [3.8, 4) is 0 Å². The van der Waals surface area contributed by atoms with Crippen LogP contribution in [0.5, 0.6) is 0 Å². The Morgan fingerprint density at radius 3 is 2.44 bits per heavy atom. The van der Waals surface area contributed by atoms with E-state index in [9.17, 15) is 0 Å². The van der Waals surface area contributed by atoms with E-state index < -0.39 is 0 Å². The molecule has 0 amide bonds. The molecule has 90 valence electrons. The second kappa shape index (κ2) is 6.27. The summed E-state index contributed by atoms with van der Waals surface area (Å²) in [7, 11) is 0. The summed E-state index contributed by atoms with van der Waals surface area (Å²) >= 11 is 5.97. The van der Waals surface area contributed by atoms with E-state index >= 15 is 0 Å². The van der Waals surface area contributed by atoms with Crippen LogP contribution in [0, 0.1) is 11.8 Å². The molecule has 1 aromatic rings. The van der Waals surface area contributed by atoms with E-state index in [0.717, 1.165) is 17.5 Å². The van der Waals surface area contributed by atoms with E-state index in [1.165, 1.54) is 5.56 Å². The number of benzene rings is 1. The molecule has 0 saturated carbocycles. The molecule has 0 fully saturated rings. The number of nitrogens with one attached hydrogen (secondary N) is 1. The zero-order chi connectivity index (χ0) is 12.1. The molecule has 0 aliphatic carbocycles. The van der Waals surface area contributed by atoms with Gasteiger partial charge in [-0.2, -0.15) is 0 Å². The molecule has 1 N–H and O–H groups in total. The van der Waals surface area contributed by atoms with Crippen molar-refractivity contribution in [3.63, 3.8) is 0 Å². The summed E-state index contributed by atoms with van der Waals surface area (Å²) < 4.78 is 0. The summed E-state index contributed by atoms with van der Waals surface area (Å²) in [6.07, 6.45) is 0. The SMILES string of the molecule is CC(NCC(C)C(C)C)c1cccc(Cl)c1. The lowest BCUT2D eigenvalue weighted by Crippen LogP contribution is -2.26. The van der Waals surface area contributed by atoms with Gasteiger partial charge in [-0.25, -0.2) is 0 Å². The number of hydrogen-bond acceptors (Lipinski definition) is 1. The molecule has 0 saturated heterocycles. The number of hydrogen-bond donors (Lipinski definition) is 1. The minimum atomic E-state index is 0.361. The van der Waals surface area contributed by atoms with Crippen molar-refractivity contribution in [2.45, 2.75) is 33.7 Å². The van der Waals surface area contributed by atoms with Crippen LogP contribution in [0.3, 0.4) is 0 Å². The largest absolute Gasteiger partial charge is 0.310 e. The molecule has 1 rings (SSSR count). The molecule has 0 aliphatic rings. The lowest BCUT2D eigenvalue weighted by Gasteiger charge is -2.20. The monoisotopic (exact) mass is 239 g/mol. The molecule has 2 atom stereocenters. The van der Waals surface area contributed by atoms with Crippen molar-refractivity contribution in [1.82, 2.24) is 5.32 Å². The van der Waals surface area contributed by atoms with Gasteiger partial charge < -0.3 is 5.32 Å². The smallest absolute Gasteiger partial charge is 0.0409 e. The van der Waals surface area contributed by atoms with Crippen LogP contribution in [0.1, 0.15) is 39.3 Å². The molecule has 1 aromatic carbocycles. The number of rotatable bonds is 5. The topological polar surface area (TPSA) is 12.0 Å². The Kier molecular flexibility index (Phi) is 5.30. The highest BCUT2D eigenvalue weighted by atomic mass is 35.5. The predicted molar refractivity (Wildman–Crippen MR) is 71.9 cm³/mol. The van der Waals surface area contributed by atoms with Crippen LogP contribution in [-0.2, 0) is 0 Å². The average Bonchev–Trinajstić information content (AvgIpc) is 2.25. The molecule has 0 spiro atoms. The van der Waals surface area contributed by atoms with Gasteiger partial charge in [0.1, 0.15) is 0 Å². The van der Waals surface area contributed by atoms with Crippen LogP contribution < -0.4 is 5.32 Å². The van der Waals surface area contributed by atoms with Gasteiger partial charge in [-0.3, -0.25) is 0 Å². The van der Waals surface area contributed by atoms with Crippen molar-refractivity contribution in [2.75, 3.05) is 6.54 Å². The summed E-state index contributed by atoms with van der Waals surface area (Å²) in [6, 6.07) is 8.42. The molecular formula is C14H22ClN. The molecule has 0 radical (unpaired) electrons. The molecule has 2 unspecified atom stereocenters. The maximum atomic E-state index is 5.97. The molecular weight excluding hydrogens is 218 g/mol. The number of halogens is 1. The quantitative estimate of drug-likeness (QED) is 0.809. The lowest BCUT2D eigenvalue weighted by molar-refractivity contribution is 0.375. The highest BCUT2D eigenvalue weighted by Gasteiger charge is 2.10. The van der Waals surface area contributed by atoms with Gasteiger partial charge in [0.05, 0.1) is 0 Å². The Morgan fingerprint density at radius 1 is 1.19 bits per heavy atom. The second-order valence-electron chi connectivity index (χ2n) is 4.91. The summed E-state index contributed by atoms with van der Waals surface area (Å²) in [5.74, 6) is 1.42. The summed E-state index contributed by atoms with van der Waals surface area (Å²) in [4.78, 5) is 0. The average molecular weight is 240 g/mol. The van der Waals surface area contributed by atoms with Crippen LogP contribution in [0.15, 0.2) is 24.3 Å². The standard InChI is InChI=1S/C14H22ClN/c1-10(2)11(3)9-16-12(4)13-6-5-7-14(15)8-13/h5-8,10-12,16H,9H2,1-4H3. The van der Waals surface area contributed by atoms with E-state index in [1.807, 2.05) is 18.2 Å². The first-order valence-electron chi connectivity index (χ1n) is 5.99. The van der Waals surface area contributed by atoms with E-state index in [2.05, 4.69) is 39.1 Å². The van der Waals surface area contributed by atoms with Crippen molar-refractivity contribution in [1.29, 1.82) is 0 Å². The third-order valence-corrected chi connectivity index (χ3v) is 3.47. The van der Waals surface area contributed by atoms with E-state index in [0.29, 0.717) is 12.0 Å².